The lowest BCUT2D eigenvalue weighted by atomic mass is 9.98. The Labute approximate surface area is 130 Å². The van der Waals surface area contributed by atoms with Gasteiger partial charge in [0, 0.05) is 6.54 Å². The summed E-state index contributed by atoms with van der Waals surface area (Å²) in [4.78, 5) is 12.2. The van der Waals surface area contributed by atoms with Gasteiger partial charge in [0.15, 0.2) is 11.5 Å². The van der Waals surface area contributed by atoms with Gasteiger partial charge in [0.2, 0.25) is 11.7 Å². The zero-order valence-electron chi connectivity index (χ0n) is 13.4. The summed E-state index contributed by atoms with van der Waals surface area (Å²) in [5.74, 6) is 1.56. The minimum Gasteiger partial charge on any atom is -0.493 e. The fourth-order valence-corrected chi connectivity index (χ4v) is 2.83. The van der Waals surface area contributed by atoms with Gasteiger partial charge in [-0.2, -0.15) is 0 Å². The van der Waals surface area contributed by atoms with Gasteiger partial charge in [0.1, 0.15) is 0 Å². The highest BCUT2D eigenvalue weighted by Gasteiger charge is 2.36. The van der Waals surface area contributed by atoms with Crippen molar-refractivity contribution in [2.24, 2.45) is 5.73 Å². The lowest BCUT2D eigenvalue weighted by Crippen LogP contribution is -2.51. The van der Waals surface area contributed by atoms with E-state index >= 15 is 0 Å². The van der Waals surface area contributed by atoms with Gasteiger partial charge in [0.05, 0.1) is 26.9 Å². The second-order valence-electron chi connectivity index (χ2n) is 5.58. The largest absolute Gasteiger partial charge is 0.493 e. The van der Waals surface area contributed by atoms with E-state index in [0.717, 1.165) is 31.2 Å². The number of methoxy groups -OCH3 is 3. The van der Waals surface area contributed by atoms with E-state index in [0.29, 0.717) is 23.8 Å². The molecule has 1 amide bonds. The van der Waals surface area contributed by atoms with Crippen LogP contribution in [0.4, 0.5) is 0 Å². The highest BCUT2D eigenvalue weighted by Crippen LogP contribution is 2.38. The molecule has 0 radical (unpaired) electrons. The van der Waals surface area contributed by atoms with Gasteiger partial charge in [-0.25, -0.2) is 0 Å². The van der Waals surface area contributed by atoms with Crippen molar-refractivity contribution in [3.8, 4) is 17.2 Å². The SMILES string of the molecule is COc1cc(CNC(=O)C2(N)CCCC2)cc(OC)c1OC. The van der Waals surface area contributed by atoms with Gasteiger partial charge in [-0.1, -0.05) is 12.8 Å². The molecule has 1 fully saturated rings. The molecule has 6 nitrogen and oxygen atoms in total. The molecule has 1 aliphatic carbocycles. The monoisotopic (exact) mass is 308 g/mol. The number of hydrogen-bond acceptors (Lipinski definition) is 5. The van der Waals surface area contributed by atoms with Crippen molar-refractivity contribution < 1.29 is 19.0 Å². The molecule has 0 unspecified atom stereocenters. The van der Waals surface area contributed by atoms with Crippen molar-refractivity contribution in [1.82, 2.24) is 5.32 Å². The van der Waals surface area contributed by atoms with Crippen LogP contribution < -0.4 is 25.3 Å². The van der Waals surface area contributed by atoms with Gasteiger partial charge in [0.25, 0.3) is 0 Å². The minimum absolute atomic E-state index is 0.0984. The minimum atomic E-state index is -0.722. The first-order valence-corrected chi connectivity index (χ1v) is 7.40. The molecule has 3 N–H and O–H groups in total. The Morgan fingerprint density at radius 2 is 1.68 bits per heavy atom. The maximum atomic E-state index is 12.2. The number of nitrogens with two attached hydrogens (primary N) is 1. The zero-order valence-corrected chi connectivity index (χ0v) is 13.4. The van der Waals surface area contributed by atoms with E-state index in [9.17, 15) is 4.79 Å². The van der Waals surface area contributed by atoms with Crippen LogP contribution in [0.3, 0.4) is 0 Å². The van der Waals surface area contributed by atoms with E-state index in [1.54, 1.807) is 21.3 Å². The average Bonchev–Trinajstić information content (AvgIpc) is 2.99. The normalized spacial score (nSPS) is 16.2. The van der Waals surface area contributed by atoms with E-state index < -0.39 is 5.54 Å². The molecule has 122 valence electrons. The lowest BCUT2D eigenvalue weighted by Gasteiger charge is -2.22. The molecule has 0 aliphatic heterocycles. The number of nitrogens with one attached hydrogen (secondary N) is 1. The van der Waals surface area contributed by atoms with E-state index in [4.69, 9.17) is 19.9 Å². The van der Waals surface area contributed by atoms with Crippen molar-refractivity contribution >= 4 is 5.91 Å². The molecule has 1 aliphatic rings. The number of ether oxygens (including phenoxy) is 3. The van der Waals surface area contributed by atoms with E-state index in [1.807, 2.05) is 12.1 Å². The maximum Gasteiger partial charge on any atom is 0.240 e. The zero-order chi connectivity index (χ0) is 16.2. The summed E-state index contributed by atoms with van der Waals surface area (Å²) < 4.78 is 15.9. The fraction of sp³-hybridized carbons (Fsp3) is 0.562. The summed E-state index contributed by atoms with van der Waals surface area (Å²) in [6.07, 6.45) is 3.50. The van der Waals surface area contributed by atoms with Crippen LogP contribution in [-0.4, -0.2) is 32.8 Å². The van der Waals surface area contributed by atoms with E-state index in [2.05, 4.69) is 5.32 Å². The number of carbonyl (C=O) groups excluding carboxylic acids is 1. The van der Waals surface area contributed by atoms with Gasteiger partial charge in [-0.05, 0) is 30.5 Å². The molecule has 0 spiro atoms. The van der Waals surface area contributed by atoms with Crippen LogP contribution in [0, 0.1) is 0 Å². The molecule has 0 aromatic heterocycles. The van der Waals surface area contributed by atoms with Gasteiger partial charge in [-0.15, -0.1) is 0 Å². The summed E-state index contributed by atoms with van der Waals surface area (Å²) in [7, 11) is 4.68. The predicted octanol–water partition coefficient (Wildman–Crippen LogP) is 1.60. The standard InChI is InChI=1S/C16H24N2O4/c1-20-12-8-11(9-13(21-2)14(12)22-3)10-18-15(19)16(17)6-4-5-7-16/h8-9H,4-7,10,17H2,1-3H3,(H,18,19). The number of benzene rings is 1. The Balaban J connectivity index is 2.11. The highest BCUT2D eigenvalue weighted by molar-refractivity contribution is 5.86. The number of carbonyl (C=O) groups is 1. The summed E-state index contributed by atoms with van der Waals surface area (Å²) in [5.41, 5.74) is 6.29. The Morgan fingerprint density at radius 1 is 1.14 bits per heavy atom. The molecule has 0 saturated heterocycles. The maximum absolute atomic E-state index is 12.2. The molecule has 2 rings (SSSR count). The van der Waals surface area contributed by atoms with Crippen LogP contribution in [0.25, 0.3) is 0 Å². The third-order valence-electron chi connectivity index (χ3n) is 4.13. The summed E-state index contributed by atoms with van der Waals surface area (Å²) in [6.45, 7) is 0.370. The van der Waals surface area contributed by atoms with Gasteiger partial charge >= 0.3 is 0 Å². The van der Waals surface area contributed by atoms with Crippen molar-refractivity contribution in [2.45, 2.75) is 37.8 Å². The first-order chi connectivity index (χ1) is 10.5. The van der Waals surface area contributed by atoms with Crippen LogP contribution in [-0.2, 0) is 11.3 Å². The Hall–Kier alpha value is -1.95. The number of rotatable bonds is 6. The van der Waals surface area contributed by atoms with Crippen molar-refractivity contribution in [2.75, 3.05) is 21.3 Å². The first-order valence-electron chi connectivity index (χ1n) is 7.40. The molecule has 22 heavy (non-hydrogen) atoms. The molecule has 0 heterocycles. The average molecular weight is 308 g/mol. The molecule has 6 heteroatoms. The topological polar surface area (TPSA) is 82.8 Å². The second-order valence-corrected chi connectivity index (χ2v) is 5.58. The van der Waals surface area contributed by atoms with Crippen molar-refractivity contribution in [3.63, 3.8) is 0 Å². The molecule has 1 aromatic rings. The summed E-state index contributed by atoms with van der Waals surface area (Å²) in [5, 5.41) is 2.91. The van der Waals surface area contributed by atoms with Gasteiger partial charge < -0.3 is 25.3 Å². The summed E-state index contributed by atoms with van der Waals surface area (Å²) >= 11 is 0. The lowest BCUT2D eigenvalue weighted by molar-refractivity contribution is -0.126. The highest BCUT2D eigenvalue weighted by atomic mass is 16.5. The Bertz CT molecular complexity index is 514. The molecular weight excluding hydrogens is 284 g/mol. The molecule has 0 bridgehead atoms. The quantitative estimate of drug-likeness (QED) is 0.834. The fourth-order valence-electron chi connectivity index (χ4n) is 2.83. The van der Waals surface area contributed by atoms with E-state index in [-0.39, 0.29) is 5.91 Å². The smallest absolute Gasteiger partial charge is 0.240 e. The van der Waals surface area contributed by atoms with Gasteiger partial charge in [-0.3, -0.25) is 4.79 Å². The van der Waals surface area contributed by atoms with Crippen LogP contribution in [0.2, 0.25) is 0 Å². The van der Waals surface area contributed by atoms with Crippen LogP contribution in [0.15, 0.2) is 12.1 Å². The first kappa shape index (κ1) is 16.4. The second kappa shape index (κ2) is 6.87. The van der Waals surface area contributed by atoms with Crippen LogP contribution in [0.1, 0.15) is 31.2 Å². The number of hydrogen-bond donors (Lipinski definition) is 2. The predicted molar refractivity (Wildman–Crippen MR) is 83.3 cm³/mol. The van der Waals surface area contributed by atoms with E-state index in [1.165, 1.54) is 0 Å². The third-order valence-corrected chi connectivity index (χ3v) is 4.13. The number of amides is 1. The third kappa shape index (κ3) is 3.27. The summed E-state index contributed by atoms with van der Waals surface area (Å²) in [6, 6.07) is 3.64. The Morgan fingerprint density at radius 3 is 2.14 bits per heavy atom. The molecule has 1 aromatic carbocycles. The van der Waals surface area contributed by atoms with Crippen molar-refractivity contribution in [1.29, 1.82) is 0 Å². The van der Waals surface area contributed by atoms with Crippen LogP contribution >= 0.6 is 0 Å². The molecule has 1 saturated carbocycles. The Kier molecular flexibility index (Phi) is 5.13. The molecule has 0 atom stereocenters. The van der Waals surface area contributed by atoms with Crippen LogP contribution in [0.5, 0.6) is 17.2 Å². The molecular formula is C16H24N2O4. The van der Waals surface area contributed by atoms with Crippen molar-refractivity contribution in [3.05, 3.63) is 17.7 Å².